The molecular weight excluding hydrogens is 200 g/mol. The van der Waals surface area contributed by atoms with Crippen LogP contribution in [0.3, 0.4) is 0 Å². The summed E-state index contributed by atoms with van der Waals surface area (Å²) < 4.78 is 0. The standard InChI is InChI=1S/C9H10N2O4/c10-8(9(12)13)5-6-2-1-3-7(4-6)11(14)15/h1-4,8H,5,10H2,(H,12,13)/t8-/m1/s1. The summed E-state index contributed by atoms with van der Waals surface area (Å²) in [5.74, 6) is -1.26. The van der Waals surface area contributed by atoms with Gasteiger partial charge in [0.15, 0.2) is 0 Å². The lowest BCUT2D eigenvalue weighted by Gasteiger charge is -2.08. The molecule has 0 fully saturated rings. The molecule has 0 saturated carbocycles. The van der Waals surface area contributed by atoms with Crippen LogP contribution in [0.15, 0.2) is 24.3 Å². The van der Waals surface area contributed by atoms with Crippen molar-refractivity contribution < 1.29 is 20.6 Å². The van der Waals surface area contributed by atoms with E-state index in [4.69, 9.17) is 0 Å². The Balaban J connectivity index is 2.82. The highest BCUT2D eigenvalue weighted by Crippen LogP contribution is 2.13. The third kappa shape index (κ3) is 3.03. The number of non-ortho nitro benzene ring substituents is 1. The van der Waals surface area contributed by atoms with Crippen molar-refractivity contribution in [3.63, 3.8) is 0 Å². The molecule has 0 spiro atoms. The molecule has 0 unspecified atom stereocenters. The molecule has 0 aliphatic heterocycles. The Hall–Kier alpha value is -1.95. The maximum absolute atomic E-state index is 10.4. The second-order valence-corrected chi connectivity index (χ2v) is 3.15. The first kappa shape index (κ1) is 11.1. The van der Waals surface area contributed by atoms with Gasteiger partial charge in [-0.15, -0.1) is 0 Å². The molecule has 15 heavy (non-hydrogen) atoms. The number of aliphatic carboxylic acids is 1. The monoisotopic (exact) mass is 210 g/mol. The first-order valence-corrected chi connectivity index (χ1v) is 4.28. The summed E-state index contributed by atoms with van der Waals surface area (Å²) in [7, 11) is 0. The molecule has 6 heteroatoms. The lowest BCUT2D eigenvalue weighted by Crippen LogP contribution is -2.69. The number of hydrogen-bond acceptors (Lipinski definition) is 4. The van der Waals surface area contributed by atoms with Crippen molar-refractivity contribution in [2.45, 2.75) is 12.5 Å². The Bertz CT molecular complexity index is 391. The van der Waals surface area contributed by atoms with Crippen molar-refractivity contribution in [1.29, 1.82) is 0 Å². The predicted octanol–water partition coefficient (Wildman–Crippen LogP) is -1.50. The number of nitro benzene ring substituents is 1. The van der Waals surface area contributed by atoms with Gasteiger partial charge in [-0.3, -0.25) is 10.1 Å². The van der Waals surface area contributed by atoms with Crippen LogP contribution in [-0.4, -0.2) is 16.9 Å². The predicted molar refractivity (Wildman–Crippen MR) is 48.5 cm³/mol. The van der Waals surface area contributed by atoms with Crippen LogP contribution in [0.2, 0.25) is 0 Å². The van der Waals surface area contributed by atoms with Crippen LogP contribution < -0.4 is 10.8 Å². The normalized spacial score (nSPS) is 12.1. The van der Waals surface area contributed by atoms with Crippen LogP contribution >= 0.6 is 0 Å². The smallest absolute Gasteiger partial charge is 0.269 e. The fourth-order valence-electron chi connectivity index (χ4n) is 1.16. The first-order valence-electron chi connectivity index (χ1n) is 4.28. The van der Waals surface area contributed by atoms with E-state index in [-0.39, 0.29) is 12.1 Å². The number of carbonyl (C=O) groups excluding carboxylic acids is 1. The van der Waals surface area contributed by atoms with Gasteiger partial charge in [-0.05, 0) is 5.56 Å². The zero-order chi connectivity index (χ0) is 11.4. The summed E-state index contributed by atoms with van der Waals surface area (Å²) in [4.78, 5) is 20.3. The number of carboxylic acids is 1. The third-order valence-corrected chi connectivity index (χ3v) is 1.94. The molecule has 0 aromatic heterocycles. The SMILES string of the molecule is [NH3+][C@H](Cc1cccc([N+](=O)[O-])c1)C(=O)[O-]. The summed E-state index contributed by atoms with van der Waals surface area (Å²) in [5.41, 5.74) is 3.88. The summed E-state index contributed by atoms with van der Waals surface area (Å²) in [6, 6.07) is 4.91. The zero-order valence-electron chi connectivity index (χ0n) is 7.88. The summed E-state index contributed by atoms with van der Waals surface area (Å²) in [6.45, 7) is 0. The van der Waals surface area contributed by atoms with Gasteiger partial charge in [0, 0.05) is 18.6 Å². The number of carbonyl (C=O) groups is 1. The number of nitro groups is 1. The van der Waals surface area contributed by atoms with Gasteiger partial charge in [-0.2, -0.15) is 0 Å². The van der Waals surface area contributed by atoms with Gasteiger partial charge in [0.25, 0.3) is 5.69 Å². The molecule has 0 amide bonds. The van der Waals surface area contributed by atoms with Crippen LogP contribution in [0, 0.1) is 10.1 Å². The number of benzene rings is 1. The third-order valence-electron chi connectivity index (χ3n) is 1.94. The summed E-state index contributed by atoms with van der Waals surface area (Å²) >= 11 is 0. The maximum Gasteiger partial charge on any atom is 0.269 e. The minimum atomic E-state index is -1.26. The quantitative estimate of drug-likeness (QED) is 0.481. The number of quaternary nitrogens is 1. The Morgan fingerprint density at radius 1 is 1.53 bits per heavy atom. The zero-order valence-corrected chi connectivity index (χ0v) is 7.88. The van der Waals surface area contributed by atoms with Crippen molar-refractivity contribution >= 4 is 11.7 Å². The second kappa shape index (κ2) is 4.52. The van der Waals surface area contributed by atoms with Crippen molar-refractivity contribution in [2.24, 2.45) is 0 Å². The minimum absolute atomic E-state index is 0.0574. The van der Waals surface area contributed by atoms with Gasteiger partial charge >= 0.3 is 0 Å². The average Bonchev–Trinajstić information content (AvgIpc) is 2.18. The number of hydrogen-bond donors (Lipinski definition) is 1. The molecule has 1 aromatic rings. The van der Waals surface area contributed by atoms with Crippen LogP contribution in [0.25, 0.3) is 0 Å². The maximum atomic E-state index is 10.4. The van der Waals surface area contributed by atoms with E-state index in [1.54, 1.807) is 6.07 Å². The number of nitrogens with zero attached hydrogens (tertiary/aromatic N) is 1. The summed E-state index contributed by atoms with van der Waals surface area (Å²) in [6.07, 6.45) is 0.129. The van der Waals surface area contributed by atoms with E-state index < -0.39 is 16.9 Å². The Kier molecular flexibility index (Phi) is 3.35. The first-order chi connectivity index (χ1) is 7.00. The second-order valence-electron chi connectivity index (χ2n) is 3.15. The Morgan fingerprint density at radius 3 is 2.73 bits per heavy atom. The van der Waals surface area contributed by atoms with Gasteiger partial charge in [0.05, 0.1) is 10.9 Å². The van der Waals surface area contributed by atoms with Crippen molar-refractivity contribution in [3.8, 4) is 0 Å². The van der Waals surface area contributed by atoms with Crippen molar-refractivity contribution in [2.75, 3.05) is 0 Å². The molecule has 1 atom stereocenters. The average molecular weight is 210 g/mol. The molecular formula is C9H10N2O4. The summed E-state index contributed by atoms with van der Waals surface area (Å²) in [5, 5.41) is 20.8. The van der Waals surface area contributed by atoms with E-state index in [2.05, 4.69) is 5.73 Å². The Morgan fingerprint density at radius 2 is 2.20 bits per heavy atom. The topological polar surface area (TPSA) is 111 Å². The van der Waals surface area contributed by atoms with Gasteiger partial charge in [0.1, 0.15) is 6.04 Å². The fourth-order valence-corrected chi connectivity index (χ4v) is 1.16. The largest absolute Gasteiger partial charge is 0.544 e. The van der Waals surface area contributed by atoms with E-state index in [1.165, 1.54) is 18.2 Å². The van der Waals surface area contributed by atoms with Crippen molar-refractivity contribution in [3.05, 3.63) is 39.9 Å². The van der Waals surface area contributed by atoms with Crippen LogP contribution in [0.1, 0.15) is 5.56 Å². The van der Waals surface area contributed by atoms with Gasteiger partial charge in [-0.25, -0.2) is 0 Å². The van der Waals surface area contributed by atoms with Gasteiger partial charge in [-0.1, -0.05) is 12.1 Å². The van der Waals surface area contributed by atoms with E-state index in [0.717, 1.165) is 0 Å². The molecule has 1 aromatic carbocycles. The van der Waals surface area contributed by atoms with E-state index in [9.17, 15) is 20.0 Å². The fraction of sp³-hybridized carbons (Fsp3) is 0.222. The molecule has 0 bridgehead atoms. The molecule has 6 nitrogen and oxygen atoms in total. The van der Waals surface area contributed by atoms with E-state index in [0.29, 0.717) is 5.56 Å². The lowest BCUT2D eigenvalue weighted by atomic mass is 10.1. The highest BCUT2D eigenvalue weighted by atomic mass is 16.6. The molecule has 0 aliphatic carbocycles. The molecule has 0 saturated heterocycles. The van der Waals surface area contributed by atoms with Crippen LogP contribution in [0.4, 0.5) is 5.69 Å². The molecule has 3 N–H and O–H groups in total. The molecule has 1 rings (SSSR count). The van der Waals surface area contributed by atoms with E-state index >= 15 is 0 Å². The number of rotatable bonds is 4. The highest BCUT2D eigenvalue weighted by Gasteiger charge is 2.11. The Labute approximate surface area is 85.5 Å². The lowest BCUT2D eigenvalue weighted by molar-refractivity contribution is -0.437. The van der Waals surface area contributed by atoms with Gasteiger partial charge in [0.2, 0.25) is 0 Å². The minimum Gasteiger partial charge on any atom is -0.544 e. The van der Waals surface area contributed by atoms with Gasteiger partial charge < -0.3 is 15.6 Å². The molecule has 0 radical (unpaired) electrons. The van der Waals surface area contributed by atoms with E-state index in [1.807, 2.05) is 0 Å². The van der Waals surface area contributed by atoms with Crippen LogP contribution in [-0.2, 0) is 11.2 Å². The highest BCUT2D eigenvalue weighted by molar-refractivity contribution is 5.69. The molecule has 0 aliphatic rings. The van der Waals surface area contributed by atoms with Crippen LogP contribution in [0.5, 0.6) is 0 Å². The molecule has 80 valence electrons. The van der Waals surface area contributed by atoms with Crippen molar-refractivity contribution in [1.82, 2.24) is 0 Å². The molecule has 0 heterocycles. The number of carboxylic acid groups (broad SMARTS) is 1.